The molecule has 22 heavy (non-hydrogen) atoms. The van der Waals surface area contributed by atoms with Gasteiger partial charge in [0.2, 0.25) is 0 Å². The van der Waals surface area contributed by atoms with E-state index in [9.17, 15) is 4.79 Å². The van der Waals surface area contributed by atoms with Crippen LogP contribution in [0.1, 0.15) is 30.9 Å². The number of nitrogens with one attached hydrogen (secondary N) is 1. The van der Waals surface area contributed by atoms with Crippen LogP contribution in [-0.4, -0.2) is 12.5 Å². The van der Waals surface area contributed by atoms with Gasteiger partial charge in [-0.05, 0) is 41.8 Å². The minimum atomic E-state index is -0.233. The zero-order valence-corrected chi connectivity index (χ0v) is 12.7. The van der Waals surface area contributed by atoms with E-state index in [4.69, 9.17) is 10.00 Å². The summed E-state index contributed by atoms with van der Waals surface area (Å²) in [6, 6.07) is 16.4. The van der Waals surface area contributed by atoms with Crippen LogP contribution in [0.15, 0.2) is 48.5 Å². The lowest BCUT2D eigenvalue weighted by Gasteiger charge is -2.13. The second kappa shape index (κ2) is 7.28. The lowest BCUT2D eigenvalue weighted by Crippen LogP contribution is -2.20. The molecule has 0 bridgehead atoms. The fourth-order valence-corrected chi connectivity index (χ4v) is 2.06. The number of carbonyl (C=O) groups excluding carboxylic acids is 1. The summed E-state index contributed by atoms with van der Waals surface area (Å²) in [4.78, 5) is 11.9. The Morgan fingerprint density at radius 2 is 1.86 bits per heavy atom. The highest BCUT2D eigenvalue weighted by molar-refractivity contribution is 5.91. The van der Waals surface area contributed by atoms with Crippen molar-refractivity contribution in [2.75, 3.05) is 11.9 Å². The summed E-state index contributed by atoms with van der Waals surface area (Å²) in [5, 5.41) is 11.5. The molecule has 0 fully saturated rings. The number of hydrogen-bond donors (Lipinski definition) is 1. The maximum Gasteiger partial charge on any atom is 0.262 e. The van der Waals surface area contributed by atoms with Crippen molar-refractivity contribution >= 4 is 11.6 Å². The monoisotopic (exact) mass is 294 g/mol. The second-order valence-corrected chi connectivity index (χ2v) is 5.22. The van der Waals surface area contributed by atoms with Crippen molar-refractivity contribution in [1.82, 2.24) is 0 Å². The molecule has 112 valence electrons. The van der Waals surface area contributed by atoms with Gasteiger partial charge in [0, 0.05) is 5.69 Å². The van der Waals surface area contributed by atoms with Gasteiger partial charge in [-0.3, -0.25) is 4.79 Å². The van der Waals surface area contributed by atoms with E-state index in [0.717, 1.165) is 11.3 Å². The predicted molar refractivity (Wildman–Crippen MR) is 85.8 cm³/mol. The van der Waals surface area contributed by atoms with Gasteiger partial charge >= 0.3 is 0 Å². The first-order valence-electron chi connectivity index (χ1n) is 7.12. The highest BCUT2D eigenvalue weighted by atomic mass is 16.5. The van der Waals surface area contributed by atoms with Crippen molar-refractivity contribution in [2.45, 2.75) is 19.8 Å². The Kier molecular flexibility index (Phi) is 5.16. The standard InChI is InChI=1S/C18H18N2O2/c1-13(2)16-5-3-4-6-17(16)22-12-18(21)20-15-9-7-14(11-19)8-10-15/h3-10,13H,12H2,1-2H3,(H,20,21). The van der Waals surface area contributed by atoms with Gasteiger partial charge in [0.15, 0.2) is 6.61 Å². The summed E-state index contributed by atoms with van der Waals surface area (Å²) in [6.45, 7) is 4.11. The van der Waals surface area contributed by atoms with Crippen molar-refractivity contribution < 1.29 is 9.53 Å². The molecule has 1 N–H and O–H groups in total. The van der Waals surface area contributed by atoms with Crippen molar-refractivity contribution in [3.8, 4) is 11.8 Å². The van der Waals surface area contributed by atoms with Crippen LogP contribution in [-0.2, 0) is 4.79 Å². The molecule has 0 aliphatic carbocycles. The lowest BCUT2D eigenvalue weighted by atomic mass is 10.0. The summed E-state index contributed by atoms with van der Waals surface area (Å²) in [5.41, 5.74) is 2.28. The maximum absolute atomic E-state index is 11.9. The summed E-state index contributed by atoms with van der Waals surface area (Å²) < 4.78 is 5.61. The van der Waals surface area contributed by atoms with Gasteiger partial charge in [0.05, 0.1) is 11.6 Å². The molecule has 4 nitrogen and oxygen atoms in total. The number of carbonyl (C=O) groups is 1. The van der Waals surface area contributed by atoms with Crippen molar-refractivity contribution in [3.05, 3.63) is 59.7 Å². The molecule has 0 unspecified atom stereocenters. The smallest absolute Gasteiger partial charge is 0.262 e. The minimum absolute atomic E-state index is 0.0519. The number of nitriles is 1. The Hall–Kier alpha value is -2.80. The van der Waals surface area contributed by atoms with Crippen LogP contribution in [0, 0.1) is 11.3 Å². The Labute approximate surface area is 130 Å². The van der Waals surface area contributed by atoms with Crippen molar-refractivity contribution in [3.63, 3.8) is 0 Å². The van der Waals surface area contributed by atoms with Crippen LogP contribution in [0.5, 0.6) is 5.75 Å². The third-order valence-electron chi connectivity index (χ3n) is 3.20. The quantitative estimate of drug-likeness (QED) is 0.914. The first-order valence-corrected chi connectivity index (χ1v) is 7.12. The van der Waals surface area contributed by atoms with E-state index in [1.807, 2.05) is 30.3 Å². The fourth-order valence-electron chi connectivity index (χ4n) is 2.06. The Morgan fingerprint density at radius 3 is 2.50 bits per heavy atom. The van der Waals surface area contributed by atoms with E-state index in [2.05, 4.69) is 19.2 Å². The molecule has 2 aromatic carbocycles. The van der Waals surface area contributed by atoms with Gasteiger partial charge in [-0.25, -0.2) is 0 Å². The topological polar surface area (TPSA) is 62.1 Å². The van der Waals surface area contributed by atoms with E-state index >= 15 is 0 Å². The number of ether oxygens (including phenoxy) is 1. The average molecular weight is 294 g/mol. The normalized spacial score (nSPS) is 10.1. The molecule has 1 amide bonds. The first kappa shape index (κ1) is 15.6. The Morgan fingerprint density at radius 1 is 1.18 bits per heavy atom. The molecule has 0 atom stereocenters. The van der Waals surface area contributed by atoms with E-state index < -0.39 is 0 Å². The Balaban J connectivity index is 1.94. The highest BCUT2D eigenvalue weighted by Crippen LogP contribution is 2.25. The number of para-hydroxylation sites is 1. The number of hydrogen-bond acceptors (Lipinski definition) is 3. The van der Waals surface area contributed by atoms with Crippen LogP contribution in [0.2, 0.25) is 0 Å². The molecule has 0 aliphatic heterocycles. The third-order valence-corrected chi connectivity index (χ3v) is 3.20. The predicted octanol–water partition coefficient (Wildman–Crippen LogP) is 3.70. The van der Waals surface area contributed by atoms with Crippen molar-refractivity contribution in [1.29, 1.82) is 5.26 Å². The van der Waals surface area contributed by atoms with E-state index in [1.165, 1.54) is 0 Å². The fraction of sp³-hybridized carbons (Fsp3) is 0.222. The molecule has 2 aromatic rings. The Bertz CT molecular complexity index is 685. The number of nitrogens with zero attached hydrogens (tertiary/aromatic N) is 1. The molecule has 0 saturated heterocycles. The number of amides is 1. The molecule has 0 aromatic heterocycles. The highest BCUT2D eigenvalue weighted by Gasteiger charge is 2.09. The van der Waals surface area contributed by atoms with E-state index in [1.54, 1.807) is 24.3 Å². The molecule has 0 aliphatic rings. The second-order valence-electron chi connectivity index (χ2n) is 5.22. The number of anilines is 1. The van der Waals surface area contributed by atoms with Crippen LogP contribution >= 0.6 is 0 Å². The van der Waals surface area contributed by atoms with Crippen LogP contribution < -0.4 is 10.1 Å². The summed E-state index contributed by atoms with van der Waals surface area (Å²) >= 11 is 0. The third kappa shape index (κ3) is 4.10. The molecule has 0 heterocycles. The minimum Gasteiger partial charge on any atom is -0.483 e. The van der Waals surface area contributed by atoms with E-state index in [-0.39, 0.29) is 12.5 Å². The number of benzene rings is 2. The molecular weight excluding hydrogens is 276 g/mol. The maximum atomic E-state index is 11.9. The summed E-state index contributed by atoms with van der Waals surface area (Å²) in [6.07, 6.45) is 0. The SMILES string of the molecule is CC(C)c1ccccc1OCC(=O)Nc1ccc(C#N)cc1. The summed E-state index contributed by atoms with van der Waals surface area (Å²) in [7, 11) is 0. The zero-order valence-electron chi connectivity index (χ0n) is 12.7. The molecule has 0 spiro atoms. The summed E-state index contributed by atoms with van der Waals surface area (Å²) in [5.74, 6) is 0.827. The van der Waals surface area contributed by atoms with Gasteiger partial charge in [0.25, 0.3) is 5.91 Å². The van der Waals surface area contributed by atoms with Crippen LogP contribution in [0.3, 0.4) is 0 Å². The largest absolute Gasteiger partial charge is 0.483 e. The van der Waals surface area contributed by atoms with Crippen LogP contribution in [0.4, 0.5) is 5.69 Å². The number of rotatable bonds is 5. The zero-order chi connectivity index (χ0) is 15.9. The first-order chi connectivity index (χ1) is 10.6. The van der Waals surface area contributed by atoms with Gasteiger partial charge in [-0.1, -0.05) is 32.0 Å². The molecule has 0 radical (unpaired) electrons. The molecule has 0 saturated carbocycles. The molecule has 4 heteroatoms. The van der Waals surface area contributed by atoms with E-state index in [0.29, 0.717) is 17.2 Å². The lowest BCUT2D eigenvalue weighted by molar-refractivity contribution is -0.118. The molecule has 2 rings (SSSR count). The van der Waals surface area contributed by atoms with Gasteiger partial charge in [-0.2, -0.15) is 5.26 Å². The van der Waals surface area contributed by atoms with Gasteiger partial charge in [0.1, 0.15) is 5.75 Å². The average Bonchev–Trinajstić information content (AvgIpc) is 2.54. The van der Waals surface area contributed by atoms with Crippen molar-refractivity contribution in [2.24, 2.45) is 0 Å². The molecular formula is C18H18N2O2. The van der Waals surface area contributed by atoms with Gasteiger partial charge < -0.3 is 10.1 Å². The van der Waals surface area contributed by atoms with Gasteiger partial charge in [-0.15, -0.1) is 0 Å². The van der Waals surface area contributed by atoms with Crippen LogP contribution in [0.25, 0.3) is 0 Å².